The summed E-state index contributed by atoms with van der Waals surface area (Å²) in [5, 5.41) is 5.36. The van der Waals surface area contributed by atoms with Gasteiger partial charge < -0.3 is 0 Å². The van der Waals surface area contributed by atoms with Gasteiger partial charge in [0.25, 0.3) is 0 Å². The van der Waals surface area contributed by atoms with Crippen LogP contribution < -0.4 is 0 Å². The van der Waals surface area contributed by atoms with Gasteiger partial charge in [-0.2, -0.15) is 18.3 Å². The fraction of sp³-hybridized carbons (Fsp3) is 0.143. The molecule has 0 aliphatic rings. The second-order valence-electron chi connectivity index (χ2n) is 2.62. The van der Waals surface area contributed by atoms with Crippen molar-refractivity contribution >= 4 is 27.0 Å². The quantitative estimate of drug-likeness (QED) is 0.796. The van der Waals surface area contributed by atoms with Gasteiger partial charge in [-0.05, 0) is 22.0 Å². The van der Waals surface area contributed by atoms with E-state index in [-0.39, 0.29) is 11.0 Å². The lowest BCUT2D eigenvalue weighted by atomic mass is 10.2. The molecule has 2 rings (SSSR count). The van der Waals surface area contributed by atoms with Crippen molar-refractivity contribution in [3.63, 3.8) is 0 Å². The fourth-order valence-corrected chi connectivity index (χ4v) is 1.43. The number of hydrogen-bond donors (Lipinski definition) is 1. The standard InChI is InChI=1S/C7H3BrF3N3/c8-3-1-4-5(7(9,10)11)13-14-6(4)12-2-3/h1-2H,(H,12,13,14). The lowest BCUT2D eigenvalue weighted by Gasteiger charge is -2.01. The summed E-state index contributed by atoms with van der Waals surface area (Å²) in [4.78, 5) is 3.75. The van der Waals surface area contributed by atoms with E-state index >= 15 is 0 Å². The molecule has 0 bridgehead atoms. The minimum absolute atomic E-state index is 0.0353. The lowest BCUT2D eigenvalue weighted by molar-refractivity contribution is -0.139. The molecule has 0 aromatic carbocycles. The first kappa shape index (κ1) is 9.45. The first-order valence-electron chi connectivity index (χ1n) is 3.55. The number of hydrogen-bond acceptors (Lipinski definition) is 2. The lowest BCUT2D eigenvalue weighted by Crippen LogP contribution is -2.05. The third-order valence-corrected chi connectivity index (χ3v) is 2.09. The number of nitrogens with one attached hydrogen (secondary N) is 1. The predicted octanol–water partition coefficient (Wildman–Crippen LogP) is 2.74. The van der Waals surface area contributed by atoms with E-state index in [2.05, 4.69) is 31.1 Å². The van der Waals surface area contributed by atoms with Crippen LogP contribution in [0.2, 0.25) is 0 Å². The van der Waals surface area contributed by atoms with E-state index in [9.17, 15) is 13.2 Å². The molecule has 2 aromatic rings. The number of aromatic nitrogens is 3. The van der Waals surface area contributed by atoms with E-state index < -0.39 is 11.9 Å². The van der Waals surface area contributed by atoms with Gasteiger partial charge in [0.15, 0.2) is 11.3 Å². The number of H-pyrrole nitrogens is 1. The Morgan fingerprint density at radius 2 is 2.07 bits per heavy atom. The topological polar surface area (TPSA) is 41.6 Å². The largest absolute Gasteiger partial charge is 0.435 e. The predicted molar refractivity (Wildman–Crippen MR) is 46.6 cm³/mol. The van der Waals surface area contributed by atoms with E-state index in [1.165, 1.54) is 12.3 Å². The molecule has 0 saturated carbocycles. The summed E-state index contributed by atoms with van der Waals surface area (Å²) in [5.74, 6) is 0. The first-order valence-corrected chi connectivity index (χ1v) is 4.34. The van der Waals surface area contributed by atoms with Crippen molar-refractivity contribution in [3.05, 3.63) is 22.4 Å². The SMILES string of the molecule is FC(F)(F)c1n[nH]c2ncc(Br)cc12. The minimum Gasteiger partial charge on any atom is -0.260 e. The van der Waals surface area contributed by atoms with Crippen molar-refractivity contribution < 1.29 is 13.2 Å². The molecule has 74 valence electrons. The van der Waals surface area contributed by atoms with Crippen molar-refractivity contribution in [3.8, 4) is 0 Å². The van der Waals surface area contributed by atoms with E-state index in [0.29, 0.717) is 4.47 Å². The molecular formula is C7H3BrF3N3. The van der Waals surface area contributed by atoms with Gasteiger partial charge in [-0.1, -0.05) is 0 Å². The molecule has 0 radical (unpaired) electrons. The fourth-order valence-electron chi connectivity index (χ4n) is 1.09. The highest BCUT2D eigenvalue weighted by Gasteiger charge is 2.36. The second-order valence-corrected chi connectivity index (χ2v) is 3.54. The average molecular weight is 266 g/mol. The molecule has 0 unspecified atom stereocenters. The molecule has 0 fully saturated rings. The Bertz CT molecular complexity index is 476. The van der Waals surface area contributed by atoms with E-state index in [1.54, 1.807) is 0 Å². The molecular weight excluding hydrogens is 263 g/mol. The van der Waals surface area contributed by atoms with Crippen molar-refractivity contribution in [2.24, 2.45) is 0 Å². The average Bonchev–Trinajstić information content (AvgIpc) is 2.45. The normalized spacial score (nSPS) is 12.3. The van der Waals surface area contributed by atoms with Crippen LogP contribution in [0.5, 0.6) is 0 Å². The Morgan fingerprint density at radius 1 is 1.36 bits per heavy atom. The first-order chi connectivity index (χ1) is 6.48. The summed E-state index contributed by atoms with van der Waals surface area (Å²) in [6, 6.07) is 1.33. The highest BCUT2D eigenvalue weighted by molar-refractivity contribution is 9.10. The van der Waals surface area contributed by atoms with Gasteiger partial charge in [0, 0.05) is 10.7 Å². The summed E-state index contributed by atoms with van der Waals surface area (Å²) in [6.45, 7) is 0. The number of pyridine rings is 1. The van der Waals surface area contributed by atoms with Crippen LogP contribution in [-0.2, 0) is 6.18 Å². The monoisotopic (exact) mass is 265 g/mol. The minimum atomic E-state index is -4.46. The third-order valence-electron chi connectivity index (χ3n) is 1.65. The molecule has 0 aliphatic heterocycles. The third kappa shape index (κ3) is 1.47. The Hall–Kier alpha value is -1.11. The molecule has 0 aliphatic carbocycles. The van der Waals surface area contributed by atoms with Crippen LogP contribution in [0.25, 0.3) is 11.0 Å². The molecule has 0 atom stereocenters. The van der Waals surface area contributed by atoms with Crippen LogP contribution in [0.15, 0.2) is 16.7 Å². The molecule has 2 aromatic heterocycles. The van der Waals surface area contributed by atoms with Crippen LogP contribution in [0, 0.1) is 0 Å². The van der Waals surface area contributed by atoms with Crippen LogP contribution in [0.1, 0.15) is 5.69 Å². The van der Waals surface area contributed by atoms with E-state index in [0.717, 1.165) is 0 Å². The summed E-state index contributed by atoms with van der Waals surface area (Å²) < 4.78 is 37.6. The van der Waals surface area contributed by atoms with Gasteiger partial charge >= 0.3 is 6.18 Å². The maximum atomic E-state index is 12.4. The Kier molecular flexibility index (Phi) is 1.99. The zero-order valence-corrected chi connectivity index (χ0v) is 8.15. The maximum Gasteiger partial charge on any atom is 0.435 e. The van der Waals surface area contributed by atoms with Gasteiger partial charge in [-0.15, -0.1) is 0 Å². The van der Waals surface area contributed by atoms with Crippen LogP contribution in [-0.4, -0.2) is 15.2 Å². The van der Waals surface area contributed by atoms with Crippen molar-refractivity contribution in [2.45, 2.75) is 6.18 Å². The number of fused-ring (bicyclic) bond motifs is 1. The maximum absolute atomic E-state index is 12.4. The zero-order chi connectivity index (χ0) is 10.3. The Balaban J connectivity index is 2.73. The summed E-state index contributed by atoms with van der Waals surface area (Å²) in [7, 11) is 0. The van der Waals surface area contributed by atoms with Gasteiger partial charge in [0.1, 0.15) is 0 Å². The van der Waals surface area contributed by atoms with Crippen LogP contribution in [0.3, 0.4) is 0 Å². The Labute approximate surface area is 84.5 Å². The number of alkyl halides is 3. The smallest absolute Gasteiger partial charge is 0.260 e. The van der Waals surface area contributed by atoms with Gasteiger partial charge in [0.2, 0.25) is 0 Å². The van der Waals surface area contributed by atoms with Crippen molar-refractivity contribution in [1.82, 2.24) is 15.2 Å². The molecule has 0 spiro atoms. The van der Waals surface area contributed by atoms with Crippen LogP contribution in [0.4, 0.5) is 13.2 Å². The van der Waals surface area contributed by atoms with Crippen molar-refractivity contribution in [1.29, 1.82) is 0 Å². The molecule has 14 heavy (non-hydrogen) atoms. The summed E-state index contributed by atoms with van der Waals surface area (Å²) in [6.07, 6.45) is -3.05. The van der Waals surface area contributed by atoms with Gasteiger partial charge in [-0.25, -0.2) is 4.98 Å². The Morgan fingerprint density at radius 3 is 2.71 bits per heavy atom. The number of rotatable bonds is 0. The second kappa shape index (κ2) is 2.94. The highest BCUT2D eigenvalue weighted by Crippen LogP contribution is 2.33. The van der Waals surface area contributed by atoms with Crippen molar-refractivity contribution in [2.75, 3.05) is 0 Å². The molecule has 0 saturated heterocycles. The van der Waals surface area contributed by atoms with E-state index in [1.807, 2.05) is 0 Å². The van der Waals surface area contributed by atoms with E-state index in [4.69, 9.17) is 0 Å². The zero-order valence-electron chi connectivity index (χ0n) is 6.56. The van der Waals surface area contributed by atoms with Crippen LogP contribution >= 0.6 is 15.9 Å². The summed E-state index contributed by atoms with van der Waals surface area (Å²) >= 11 is 3.05. The molecule has 3 nitrogen and oxygen atoms in total. The molecule has 0 amide bonds. The number of nitrogens with zero attached hydrogens (tertiary/aromatic N) is 2. The molecule has 1 N–H and O–H groups in total. The number of halogens is 4. The number of aromatic amines is 1. The summed E-state index contributed by atoms with van der Waals surface area (Å²) in [5.41, 5.74) is -0.818. The van der Waals surface area contributed by atoms with Gasteiger partial charge in [0.05, 0.1) is 5.39 Å². The highest BCUT2D eigenvalue weighted by atomic mass is 79.9. The van der Waals surface area contributed by atoms with Gasteiger partial charge in [-0.3, -0.25) is 5.10 Å². The molecule has 2 heterocycles. The molecule has 7 heteroatoms.